The number of rotatable bonds is 5. The molecule has 0 bridgehead atoms. The van der Waals surface area contributed by atoms with E-state index in [1.165, 1.54) is 28.9 Å². The number of hydrogen-bond acceptors (Lipinski definition) is 2. The van der Waals surface area contributed by atoms with Crippen LogP contribution in [0, 0.1) is 5.92 Å². The van der Waals surface area contributed by atoms with Crippen LogP contribution in [0.15, 0.2) is 18.2 Å². The molecule has 1 unspecified atom stereocenters. The smallest absolute Gasteiger partial charge is 0.317 e. The van der Waals surface area contributed by atoms with Crippen LogP contribution in [0.25, 0.3) is 0 Å². The highest BCUT2D eigenvalue weighted by Gasteiger charge is 2.19. The summed E-state index contributed by atoms with van der Waals surface area (Å²) >= 11 is 0. The number of carboxylic acid groups (broad SMARTS) is 1. The number of nitrogens with one attached hydrogen (secondary N) is 1. The molecule has 126 valence electrons. The van der Waals surface area contributed by atoms with Crippen molar-refractivity contribution >= 4 is 12.0 Å². The van der Waals surface area contributed by atoms with Gasteiger partial charge in [0, 0.05) is 13.6 Å². The van der Waals surface area contributed by atoms with Gasteiger partial charge in [0.25, 0.3) is 0 Å². The molecule has 23 heavy (non-hydrogen) atoms. The van der Waals surface area contributed by atoms with E-state index >= 15 is 0 Å². The molecule has 1 aromatic rings. The fourth-order valence-corrected chi connectivity index (χ4v) is 2.97. The Morgan fingerprint density at radius 3 is 2.52 bits per heavy atom. The van der Waals surface area contributed by atoms with Crippen LogP contribution in [0.2, 0.25) is 0 Å². The van der Waals surface area contributed by atoms with Gasteiger partial charge in [-0.3, -0.25) is 4.79 Å². The van der Waals surface area contributed by atoms with Crippen LogP contribution in [-0.4, -0.2) is 35.6 Å². The molecule has 2 amide bonds. The molecule has 2 N–H and O–H groups in total. The second-order valence-corrected chi connectivity index (χ2v) is 6.53. The zero-order valence-corrected chi connectivity index (χ0v) is 14.1. The van der Waals surface area contributed by atoms with Gasteiger partial charge in [0.1, 0.15) is 0 Å². The Labute approximate surface area is 137 Å². The first-order valence-electron chi connectivity index (χ1n) is 8.24. The first kappa shape index (κ1) is 17.3. The zero-order valence-electron chi connectivity index (χ0n) is 14.1. The minimum absolute atomic E-state index is 0.0997. The van der Waals surface area contributed by atoms with E-state index < -0.39 is 11.9 Å². The van der Waals surface area contributed by atoms with Crippen molar-refractivity contribution < 1.29 is 14.7 Å². The van der Waals surface area contributed by atoms with Gasteiger partial charge in [-0.2, -0.15) is 0 Å². The molecule has 0 radical (unpaired) electrons. The Bertz CT molecular complexity index is 586. The van der Waals surface area contributed by atoms with Gasteiger partial charge in [0.05, 0.1) is 12.0 Å². The molecule has 0 heterocycles. The van der Waals surface area contributed by atoms with E-state index in [9.17, 15) is 9.59 Å². The third-order valence-electron chi connectivity index (χ3n) is 4.53. The molecular weight excluding hydrogens is 292 g/mol. The Morgan fingerprint density at radius 2 is 1.87 bits per heavy atom. The Hall–Kier alpha value is -2.04. The van der Waals surface area contributed by atoms with Crippen molar-refractivity contribution in [3.8, 4) is 0 Å². The molecule has 2 atom stereocenters. The van der Waals surface area contributed by atoms with Gasteiger partial charge in [0.15, 0.2) is 0 Å². The van der Waals surface area contributed by atoms with Gasteiger partial charge in [-0.1, -0.05) is 25.1 Å². The van der Waals surface area contributed by atoms with Crippen LogP contribution in [0.5, 0.6) is 0 Å². The van der Waals surface area contributed by atoms with Crippen molar-refractivity contribution in [3.63, 3.8) is 0 Å². The third-order valence-corrected chi connectivity index (χ3v) is 4.53. The molecular formula is C18H26N2O3. The van der Waals surface area contributed by atoms with Crippen molar-refractivity contribution in [1.29, 1.82) is 0 Å². The van der Waals surface area contributed by atoms with Gasteiger partial charge < -0.3 is 15.3 Å². The summed E-state index contributed by atoms with van der Waals surface area (Å²) in [6.07, 6.45) is 4.74. The summed E-state index contributed by atoms with van der Waals surface area (Å²) in [6.45, 7) is 3.74. The SMILES string of the molecule is CC(CN(C)C(=O)N[C@H](C)c1ccc2c(c1)CCCC2)C(=O)O. The van der Waals surface area contributed by atoms with Crippen LogP contribution < -0.4 is 5.32 Å². The van der Waals surface area contributed by atoms with E-state index in [4.69, 9.17) is 5.11 Å². The van der Waals surface area contributed by atoms with E-state index in [2.05, 4.69) is 23.5 Å². The number of carbonyl (C=O) groups excluding carboxylic acids is 1. The maximum absolute atomic E-state index is 12.2. The van der Waals surface area contributed by atoms with Crippen molar-refractivity contribution in [3.05, 3.63) is 34.9 Å². The van der Waals surface area contributed by atoms with Gasteiger partial charge in [-0.25, -0.2) is 4.79 Å². The number of carbonyl (C=O) groups is 2. The minimum Gasteiger partial charge on any atom is -0.481 e. The highest BCUT2D eigenvalue weighted by Crippen LogP contribution is 2.24. The Kier molecular flexibility index (Phi) is 5.64. The topological polar surface area (TPSA) is 69.6 Å². The number of hydrogen-bond donors (Lipinski definition) is 2. The lowest BCUT2D eigenvalue weighted by Gasteiger charge is -2.24. The number of benzene rings is 1. The molecule has 0 aromatic heterocycles. The normalized spacial score (nSPS) is 16.1. The average molecular weight is 318 g/mol. The number of fused-ring (bicyclic) bond motifs is 1. The number of amides is 2. The summed E-state index contributed by atoms with van der Waals surface area (Å²) in [6, 6.07) is 6.09. The van der Waals surface area contributed by atoms with Crippen LogP contribution in [0.3, 0.4) is 0 Å². The molecule has 5 nitrogen and oxygen atoms in total. The lowest BCUT2D eigenvalue weighted by Crippen LogP contribution is -2.41. The zero-order chi connectivity index (χ0) is 17.0. The van der Waals surface area contributed by atoms with E-state index in [-0.39, 0.29) is 18.6 Å². The van der Waals surface area contributed by atoms with Crippen LogP contribution in [-0.2, 0) is 17.6 Å². The molecule has 2 rings (SSSR count). The lowest BCUT2D eigenvalue weighted by molar-refractivity contribution is -0.141. The molecule has 1 aromatic carbocycles. The van der Waals surface area contributed by atoms with Crippen molar-refractivity contribution in [2.45, 2.75) is 45.6 Å². The summed E-state index contributed by atoms with van der Waals surface area (Å²) < 4.78 is 0. The van der Waals surface area contributed by atoms with E-state index in [0.29, 0.717) is 0 Å². The summed E-state index contributed by atoms with van der Waals surface area (Å²) in [4.78, 5) is 24.5. The van der Waals surface area contributed by atoms with Crippen LogP contribution in [0.4, 0.5) is 4.79 Å². The van der Waals surface area contributed by atoms with Gasteiger partial charge in [0.2, 0.25) is 0 Å². The van der Waals surface area contributed by atoms with Crippen molar-refractivity contribution in [2.75, 3.05) is 13.6 Å². The molecule has 1 aliphatic carbocycles. The molecule has 0 saturated heterocycles. The Balaban J connectivity index is 1.96. The number of aryl methyl sites for hydroxylation is 2. The van der Waals surface area contributed by atoms with E-state index in [1.54, 1.807) is 14.0 Å². The fraction of sp³-hybridized carbons (Fsp3) is 0.556. The quantitative estimate of drug-likeness (QED) is 0.877. The fourth-order valence-electron chi connectivity index (χ4n) is 2.97. The maximum Gasteiger partial charge on any atom is 0.317 e. The highest BCUT2D eigenvalue weighted by molar-refractivity contribution is 5.76. The second kappa shape index (κ2) is 7.49. The van der Waals surface area contributed by atoms with Gasteiger partial charge in [-0.15, -0.1) is 0 Å². The van der Waals surface area contributed by atoms with E-state index in [0.717, 1.165) is 18.4 Å². The third kappa shape index (κ3) is 4.47. The van der Waals surface area contributed by atoms with E-state index in [1.807, 2.05) is 6.92 Å². The summed E-state index contributed by atoms with van der Waals surface area (Å²) in [5, 5.41) is 11.9. The standard InChI is InChI=1S/C18H26N2O3/c1-12(17(21)22)11-20(3)18(23)19-13(2)15-9-8-14-6-4-5-7-16(14)10-15/h8-10,12-13H,4-7,11H2,1-3H3,(H,19,23)(H,21,22)/t12?,13-/m1/s1. The second-order valence-electron chi connectivity index (χ2n) is 6.53. The van der Waals surface area contributed by atoms with Crippen LogP contribution in [0.1, 0.15) is 49.4 Å². The maximum atomic E-state index is 12.2. The predicted molar refractivity (Wildman–Crippen MR) is 89.5 cm³/mol. The Morgan fingerprint density at radius 1 is 1.22 bits per heavy atom. The predicted octanol–water partition coefficient (Wildman–Crippen LogP) is 2.99. The average Bonchev–Trinajstić information content (AvgIpc) is 2.53. The number of aliphatic carboxylic acids is 1. The molecule has 0 fully saturated rings. The molecule has 0 spiro atoms. The molecule has 1 aliphatic rings. The number of nitrogens with zero attached hydrogens (tertiary/aromatic N) is 1. The van der Waals surface area contributed by atoms with Crippen LogP contribution >= 0.6 is 0 Å². The summed E-state index contributed by atoms with van der Waals surface area (Å²) in [5.41, 5.74) is 3.91. The summed E-state index contributed by atoms with van der Waals surface area (Å²) in [5.74, 6) is -1.47. The first-order valence-corrected chi connectivity index (χ1v) is 8.24. The van der Waals surface area contributed by atoms with Crippen molar-refractivity contribution in [1.82, 2.24) is 10.2 Å². The van der Waals surface area contributed by atoms with Crippen molar-refractivity contribution in [2.24, 2.45) is 5.92 Å². The highest BCUT2D eigenvalue weighted by atomic mass is 16.4. The van der Waals surface area contributed by atoms with Gasteiger partial charge in [-0.05, 0) is 49.3 Å². The monoisotopic (exact) mass is 318 g/mol. The molecule has 0 aliphatic heterocycles. The number of urea groups is 1. The number of carboxylic acids is 1. The lowest BCUT2D eigenvalue weighted by atomic mass is 9.89. The largest absolute Gasteiger partial charge is 0.481 e. The summed E-state index contributed by atoms with van der Waals surface area (Å²) in [7, 11) is 1.62. The van der Waals surface area contributed by atoms with Gasteiger partial charge >= 0.3 is 12.0 Å². The molecule has 5 heteroatoms. The molecule has 0 saturated carbocycles. The first-order chi connectivity index (χ1) is 10.9. The minimum atomic E-state index is -0.896.